The molecule has 3 heteroatoms. The molecule has 3 rings (SSSR count). The molecule has 1 atom stereocenters. The molecule has 0 bridgehead atoms. The molecule has 1 aromatic heterocycles. The fraction of sp³-hybridized carbons (Fsp3) is 0.438. The first-order chi connectivity index (χ1) is 9.24. The second kappa shape index (κ2) is 5.43. The molecule has 0 amide bonds. The van der Waals surface area contributed by atoms with Crippen molar-refractivity contribution in [3.63, 3.8) is 0 Å². The van der Waals surface area contributed by atoms with E-state index in [4.69, 9.17) is 4.98 Å². The highest BCUT2D eigenvalue weighted by atomic mass is 32.1. The average Bonchev–Trinajstić information content (AvgIpc) is 3.10. The molecule has 0 radical (unpaired) electrons. The van der Waals surface area contributed by atoms with Crippen LogP contribution in [0.1, 0.15) is 49.9 Å². The lowest BCUT2D eigenvalue weighted by molar-refractivity contribution is 0.632. The van der Waals surface area contributed by atoms with Gasteiger partial charge in [0.2, 0.25) is 0 Å². The predicted octanol–water partition coefficient (Wildman–Crippen LogP) is 4.36. The highest BCUT2D eigenvalue weighted by molar-refractivity contribution is 7.13. The molecule has 0 aliphatic carbocycles. The van der Waals surface area contributed by atoms with Gasteiger partial charge in [0.25, 0.3) is 0 Å². The van der Waals surface area contributed by atoms with E-state index in [0.717, 1.165) is 11.6 Å². The van der Waals surface area contributed by atoms with Crippen LogP contribution in [0.15, 0.2) is 29.6 Å². The molecule has 1 N–H and O–H groups in total. The fourth-order valence-electron chi connectivity index (χ4n) is 2.53. The number of aromatic nitrogens is 1. The Hall–Kier alpha value is -1.19. The summed E-state index contributed by atoms with van der Waals surface area (Å²) < 4.78 is 0. The van der Waals surface area contributed by atoms with E-state index in [1.807, 2.05) is 0 Å². The smallest absolute Gasteiger partial charge is 0.123 e. The Bertz CT molecular complexity index is 536. The highest BCUT2D eigenvalue weighted by Gasteiger charge is 2.19. The van der Waals surface area contributed by atoms with E-state index in [-0.39, 0.29) is 0 Å². The van der Waals surface area contributed by atoms with Crippen molar-refractivity contribution in [3.8, 4) is 10.6 Å². The molecular formula is C16H20N2S. The third-order valence-corrected chi connectivity index (χ3v) is 4.67. The molecule has 1 aromatic carbocycles. The molecule has 1 saturated heterocycles. The molecule has 2 aromatic rings. The van der Waals surface area contributed by atoms with Crippen molar-refractivity contribution < 1.29 is 0 Å². The van der Waals surface area contributed by atoms with Crippen LogP contribution in [0, 0.1) is 0 Å². The Morgan fingerprint density at radius 3 is 2.68 bits per heavy atom. The van der Waals surface area contributed by atoms with E-state index in [1.54, 1.807) is 11.3 Å². The number of hydrogen-bond acceptors (Lipinski definition) is 3. The molecule has 0 unspecified atom stereocenters. The first-order valence-electron chi connectivity index (χ1n) is 7.03. The molecule has 0 spiro atoms. The lowest BCUT2D eigenvalue weighted by atomic mass is 10.0. The van der Waals surface area contributed by atoms with Crippen LogP contribution in [0.4, 0.5) is 0 Å². The first kappa shape index (κ1) is 12.8. The van der Waals surface area contributed by atoms with Crippen LogP contribution < -0.4 is 5.32 Å². The molecule has 0 saturated carbocycles. The summed E-state index contributed by atoms with van der Waals surface area (Å²) in [5, 5.41) is 6.85. The highest BCUT2D eigenvalue weighted by Crippen LogP contribution is 2.30. The molecule has 2 heterocycles. The molecule has 1 aliphatic heterocycles. The topological polar surface area (TPSA) is 24.9 Å². The summed E-state index contributed by atoms with van der Waals surface area (Å²) in [5.74, 6) is 0.587. The number of nitrogens with zero attached hydrogens (tertiary/aromatic N) is 1. The van der Waals surface area contributed by atoms with Gasteiger partial charge < -0.3 is 5.32 Å². The minimum Gasteiger partial charge on any atom is -0.309 e. The SMILES string of the molecule is CC(C)c1ccc(-c2nc([C@@H]3CCCN3)cs2)cc1. The Balaban J connectivity index is 1.81. The molecule has 100 valence electrons. The van der Waals surface area contributed by atoms with Crippen molar-refractivity contribution in [1.29, 1.82) is 0 Å². The maximum atomic E-state index is 4.79. The van der Waals surface area contributed by atoms with Crippen molar-refractivity contribution in [2.45, 2.75) is 38.6 Å². The lowest BCUT2D eigenvalue weighted by Gasteiger charge is -2.06. The minimum atomic E-state index is 0.472. The van der Waals surface area contributed by atoms with Crippen LogP contribution in [-0.4, -0.2) is 11.5 Å². The Kier molecular flexibility index (Phi) is 3.67. The lowest BCUT2D eigenvalue weighted by Crippen LogP contribution is -2.12. The summed E-state index contributed by atoms with van der Waals surface area (Å²) in [6.07, 6.45) is 2.48. The zero-order valence-corrected chi connectivity index (χ0v) is 12.3. The largest absolute Gasteiger partial charge is 0.309 e. The molecule has 1 fully saturated rings. The summed E-state index contributed by atoms with van der Waals surface area (Å²) in [6.45, 7) is 5.57. The normalized spacial score (nSPS) is 19.2. The summed E-state index contributed by atoms with van der Waals surface area (Å²) in [4.78, 5) is 4.79. The summed E-state index contributed by atoms with van der Waals surface area (Å²) >= 11 is 1.75. The van der Waals surface area contributed by atoms with Gasteiger partial charge in [-0.15, -0.1) is 11.3 Å². The van der Waals surface area contributed by atoms with Crippen LogP contribution in [0.5, 0.6) is 0 Å². The number of nitrogens with one attached hydrogen (secondary N) is 1. The van der Waals surface area contributed by atoms with Crippen LogP contribution in [0.2, 0.25) is 0 Å². The van der Waals surface area contributed by atoms with Gasteiger partial charge in [-0.3, -0.25) is 0 Å². The molecule has 2 nitrogen and oxygen atoms in total. The first-order valence-corrected chi connectivity index (χ1v) is 7.91. The number of thiazole rings is 1. The Labute approximate surface area is 118 Å². The van der Waals surface area contributed by atoms with Gasteiger partial charge in [0, 0.05) is 10.9 Å². The average molecular weight is 272 g/mol. The van der Waals surface area contributed by atoms with Gasteiger partial charge in [-0.05, 0) is 30.9 Å². The zero-order chi connectivity index (χ0) is 13.2. The summed E-state index contributed by atoms with van der Waals surface area (Å²) in [7, 11) is 0. The third kappa shape index (κ3) is 2.72. The summed E-state index contributed by atoms with van der Waals surface area (Å²) in [5.41, 5.74) is 3.84. The summed E-state index contributed by atoms with van der Waals surface area (Å²) in [6, 6.07) is 9.30. The van der Waals surface area contributed by atoms with Crippen LogP contribution in [-0.2, 0) is 0 Å². The Morgan fingerprint density at radius 1 is 1.26 bits per heavy atom. The molecular weight excluding hydrogens is 252 g/mol. The van der Waals surface area contributed by atoms with E-state index < -0.39 is 0 Å². The monoisotopic (exact) mass is 272 g/mol. The van der Waals surface area contributed by atoms with Gasteiger partial charge in [0.05, 0.1) is 11.7 Å². The van der Waals surface area contributed by atoms with Crippen molar-refractivity contribution >= 4 is 11.3 Å². The van der Waals surface area contributed by atoms with E-state index in [0.29, 0.717) is 12.0 Å². The van der Waals surface area contributed by atoms with Crippen molar-refractivity contribution in [2.24, 2.45) is 0 Å². The maximum Gasteiger partial charge on any atom is 0.123 e. The van der Waals surface area contributed by atoms with Gasteiger partial charge >= 0.3 is 0 Å². The van der Waals surface area contributed by atoms with Gasteiger partial charge in [-0.1, -0.05) is 38.1 Å². The number of hydrogen-bond donors (Lipinski definition) is 1. The van der Waals surface area contributed by atoms with E-state index in [9.17, 15) is 0 Å². The second-order valence-electron chi connectivity index (χ2n) is 5.50. The number of rotatable bonds is 3. The quantitative estimate of drug-likeness (QED) is 0.898. The zero-order valence-electron chi connectivity index (χ0n) is 11.5. The fourth-order valence-corrected chi connectivity index (χ4v) is 3.41. The van der Waals surface area contributed by atoms with E-state index in [2.05, 4.69) is 48.8 Å². The van der Waals surface area contributed by atoms with Crippen molar-refractivity contribution in [1.82, 2.24) is 10.3 Å². The minimum absolute atomic E-state index is 0.472. The van der Waals surface area contributed by atoms with Crippen LogP contribution in [0.3, 0.4) is 0 Å². The second-order valence-corrected chi connectivity index (χ2v) is 6.36. The third-order valence-electron chi connectivity index (χ3n) is 3.76. The standard InChI is InChI=1S/C16H20N2S/c1-11(2)12-5-7-13(8-6-12)16-18-15(10-19-16)14-4-3-9-17-14/h5-8,10-11,14,17H,3-4,9H2,1-2H3/t14-/m0/s1. The van der Waals surface area contributed by atoms with Gasteiger partial charge in [0.15, 0.2) is 0 Å². The Morgan fingerprint density at radius 2 is 2.05 bits per heavy atom. The van der Waals surface area contributed by atoms with Gasteiger partial charge in [0.1, 0.15) is 5.01 Å². The van der Waals surface area contributed by atoms with Crippen molar-refractivity contribution in [3.05, 3.63) is 40.9 Å². The molecule has 19 heavy (non-hydrogen) atoms. The maximum absolute atomic E-state index is 4.79. The molecule has 1 aliphatic rings. The van der Waals surface area contributed by atoms with Crippen LogP contribution in [0.25, 0.3) is 10.6 Å². The van der Waals surface area contributed by atoms with Gasteiger partial charge in [-0.25, -0.2) is 4.98 Å². The van der Waals surface area contributed by atoms with E-state index >= 15 is 0 Å². The van der Waals surface area contributed by atoms with E-state index in [1.165, 1.54) is 29.7 Å². The van der Waals surface area contributed by atoms with Gasteiger partial charge in [-0.2, -0.15) is 0 Å². The van der Waals surface area contributed by atoms with Crippen molar-refractivity contribution in [2.75, 3.05) is 6.54 Å². The number of benzene rings is 1. The van der Waals surface area contributed by atoms with Crippen LogP contribution >= 0.6 is 11.3 Å². The predicted molar refractivity (Wildman–Crippen MR) is 81.6 cm³/mol.